The Morgan fingerprint density at radius 3 is 2.53 bits per heavy atom. The van der Waals surface area contributed by atoms with Crippen LogP contribution in [-0.4, -0.2) is 14.1 Å². The van der Waals surface area contributed by atoms with Crippen molar-refractivity contribution >= 4 is 5.69 Å². The van der Waals surface area contributed by atoms with Crippen LogP contribution in [0.5, 0.6) is 0 Å². The van der Waals surface area contributed by atoms with Crippen LogP contribution in [-0.2, 0) is 19.5 Å². The van der Waals surface area contributed by atoms with Crippen molar-refractivity contribution in [2.75, 3.05) is 19.0 Å². The van der Waals surface area contributed by atoms with Crippen LogP contribution in [0.4, 0.5) is 5.69 Å². The average molecular weight is 258 g/mol. The maximum absolute atomic E-state index is 5.57. The van der Waals surface area contributed by atoms with E-state index in [1.165, 1.54) is 16.8 Å². The quantitative estimate of drug-likeness (QED) is 0.862. The Morgan fingerprint density at radius 2 is 1.89 bits per heavy atom. The summed E-state index contributed by atoms with van der Waals surface area (Å²) in [6.07, 6.45) is 2.90. The third-order valence-corrected chi connectivity index (χ3v) is 3.27. The monoisotopic (exact) mass is 258 g/mol. The van der Waals surface area contributed by atoms with Gasteiger partial charge in [-0.05, 0) is 37.2 Å². The van der Waals surface area contributed by atoms with E-state index in [0.29, 0.717) is 0 Å². The highest BCUT2D eigenvalue weighted by Gasteiger charge is 2.06. The lowest BCUT2D eigenvalue weighted by molar-refractivity contribution is 0.505. The molecular weight excluding hydrogens is 236 g/mol. The van der Waals surface area contributed by atoms with E-state index in [-0.39, 0.29) is 0 Å². The summed E-state index contributed by atoms with van der Waals surface area (Å²) in [6, 6.07) is 10.8. The van der Waals surface area contributed by atoms with Gasteiger partial charge in [0.05, 0.1) is 12.8 Å². The molecule has 0 atom stereocenters. The molecule has 1 aromatic carbocycles. The second-order valence-corrected chi connectivity index (χ2v) is 4.83. The van der Waals surface area contributed by atoms with Crippen LogP contribution in [0.15, 0.2) is 41.0 Å². The SMILES string of the molecule is CCc1ccc(N(C)Cc2cc(CNC)co2)cc1. The van der Waals surface area contributed by atoms with Crippen molar-refractivity contribution in [1.82, 2.24) is 5.32 Å². The van der Waals surface area contributed by atoms with Gasteiger partial charge < -0.3 is 14.6 Å². The molecule has 1 aromatic heterocycles. The average Bonchev–Trinajstić information content (AvgIpc) is 2.86. The molecule has 19 heavy (non-hydrogen) atoms. The summed E-state index contributed by atoms with van der Waals surface area (Å²) in [5.74, 6) is 0.993. The van der Waals surface area contributed by atoms with Crippen LogP contribution in [0.2, 0.25) is 0 Å². The Hall–Kier alpha value is -1.74. The zero-order chi connectivity index (χ0) is 13.7. The van der Waals surface area contributed by atoms with Crippen molar-refractivity contribution in [3.63, 3.8) is 0 Å². The van der Waals surface area contributed by atoms with Crippen molar-refractivity contribution in [3.8, 4) is 0 Å². The van der Waals surface area contributed by atoms with E-state index in [1.807, 2.05) is 13.3 Å². The van der Waals surface area contributed by atoms with Gasteiger partial charge in [0, 0.05) is 24.8 Å². The zero-order valence-corrected chi connectivity index (χ0v) is 11.9. The van der Waals surface area contributed by atoms with Crippen molar-refractivity contribution in [3.05, 3.63) is 53.5 Å². The number of nitrogens with one attached hydrogen (secondary N) is 1. The van der Waals surface area contributed by atoms with Gasteiger partial charge in [-0.2, -0.15) is 0 Å². The fraction of sp³-hybridized carbons (Fsp3) is 0.375. The Morgan fingerprint density at radius 1 is 1.16 bits per heavy atom. The predicted octanol–water partition coefficient (Wildman–Crippen LogP) is 3.20. The van der Waals surface area contributed by atoms with E-state index in [1.54, 1.807) is 0 Å². The topological polar surface area (TPSA) is 28.4 Å². The summed E-state index contributed by atoms with van der Waals surface area (Å²) in [7, 11) is 4.02. The molecule has 0 aliphatic heterocycles. The first-order valence-electron chi connectivity index (χ1n) is 6.74. The maximum atomic E-state index is 5.57. The van der Waals surface area contributed by atoms with Gasteiger partial charge in [0.1, 0.15) is 5.76 Å². The Kier molecular flexibility index (Phi) is 4.63. The Labute approximate surface area is 115 Å². The van der Waals surface area contributed by atoms with Crippen LogP contribution >= 0.6 is 0 Å². The van der Waals surface area contributed by atoms with Crippen molar-refractivity contribution in [1.29, 1.82) is 0 Å². The number of furan rings is 1. The second-order valence-electron chi connectivity index (χ2n) is 4.83. The van der Waals surface area contributed by atoms with E-state index in [0.717, 1.165) is 25.3 Å². The van der Waals surface area contributed by atoms with Crippen LogP contribution in [0, 0.1) is 0 Å². The highest BCUT2D eigenvalue weighted by atomic mass is 16.3. The van der Waals surface area contributed by atoms with E-state index >= 15 is 0 Å². The summed E-state index contributed by atoms with van der Waals surface area (Å²) in [5.41, 5.74) is 3.77. The number of aryl methyl sites for hydroxylation is 1. The number of rotatable bonds is 6. The summed E-state index contributed by atoms with van der Waals surface area (Å²) in [6.45, 7) is 3.80. The van der Waals surface area contributed by atoms with Gasteiger partial charge in [0.25, 0.3) is 0 Å². The molecule has 0 amide bonds. The van der Waals surface area contributed by atoms with E-state index in [2.05, 4.69) is 54.5 Å². The summed E-state index contributed by atoms with van der Waals surface area (Å²) >= 11 is 0. The fourth-order valence-electron chi connectivity index (χ4n) is 2.12. The predicted molar refractivity (Wildman–Crippen MR) is 79.4 cm³/mol. The third kappa shape index (κ3) is 3.61. The van der Waals surface area contributed by atoms with E-state index in [4.69, 9.17) is 4.42 Å². The number of hydrogen-bond acceptors (Lipinski definition) is 3. The van der Waals surface area contributed by atoms with Crippen molar-refractivity contribution in [2.24, 2.45) is 0 Å². The number of nitrogens with zero attached hydrogens (tertiary/aromatic N) is 1. The standard InChI is InChI=1S/C16H22N2O/c1-4-13-5-7-15(8-6-13)18(3)11-16-9-14(10-17-2)12-19-16/h5-9,12,17H,4,10-11H2,1-3H3. The largest absolute Gasteiger partial charge is 0.467 e. The van der Waals surface area contributed by atoms with Gasteiger partial charge in [0.2, 0.25) is 0 Å². The van der Waals surface area contributed by atoms with E-state index in [9.17, 15) is 0 Å². The van der Waals surface area contributed by atoms with Gasteiger partial charge in [-0.3, -0.25) is 0 Å². The smallest absolute Gasteiger partial charge is 0.123 e. The summed E-state index contributed by atoms with van der Waals surface area (Å²) in [5, 5.41) is 3.12. The minimum absolute atomic E-state index is 0.787. The molecule has 0 fully saturated rings. The van der Waals surface area contributed by atoms with Crippen molar-refractivity contribution in [2.45, 2.75) is 26.4 Å². The molecule has 0 spiro atoms. The fourth-order valence-corrected chi connectivity index (χ4v) is 2.12. The minimum atomic E-state index is 0.787. The first kappa shape index (κ1) is 13.7. The molecule has 0 radical (unpaired) electrons. The molecule has 0 bridgehead atoms. The van der Waals surface area contributed by atoms with Crippen molar-refractivity contribution < 1.29 is 4.42 Å². The van der Waals surface area contributed by atoms with Crippen LogP contribution in [0.25, 0.3) is 0 Å². The minimum Gasteiger partial charge on any atom is -0.467 e. The van der Waals surface area contributed by atoms with Gasteiger partial charge in [-0.15, -0.1) is 0 Å². The molecule has 1 heterocycles. The van der Waals surface area contributed by atoms with Gasteiger partial charge >= 0.3 is 0 Å². The lowest BCUT2D eigenvalue weighted by atomic mass is 10.1. The first-order chi connectivity index (χ1) is 9.22. The first-order valence-corrected chi connectivity index (χ1v) is 6.74. The van der Waals surface area contributed by atoms with E-state index < -0.39 is 0 Å². The lowest BCUT2D eigenvalue weighted by Crippen LogP contribution is -2.15. The molecule has 3 heteroatoms. The highest BCUT2D eigenvalue weighted by Crippen LogP contribution is 2.18. The Bertz CT molecular complexity index is 502. The summed E-state index contributed by atoms with van der Waals surface area (Å²) in [4.78, 5) is 2.20. The molecule has 0 aliphatic rings. The zero-order valence-electron chi connectivity index (χ0n) is 11.9. The number of anilines is 1. The third-order valence-electron chi connectivity index (χ3n) is 3.27. The second kappa shape index (κ2) is 6.43. The Balaban J connectivity index is 2.00. The number of hydrogen-bond donors (Lipinski definition) is 1. The van der Waals surface area contributed by atoms with Gasteiger partial charge in [0.15, 0.2) is 0 Å². The molecule has 0 unspecified atom stereocenters. The molecule has 0 saturated carbocycles. The lowest BCUT2D eigenvalue weighted by Gasteiger charge is -2.18. The molecule has 2 aromatic rings. The van der Waals surface area contributed by atoms with Crippen LogP contribution in [0.3, 0.4) is 0 Å². The molecule has 0 aliphatic carbocycles. The van der Waals surface area contributed by atoms with Crippen LogP contribution in [0.1, 0.15) is 23.8 Å². The molecule has 3 nitrogen and oxygen atoms in total. The van der Waals surface area contributed by atoms with Gasteiger partial charge in [-0.1, -0.05) is 19.1 Å². The van der Waals surface area contributed by atoms with Crippen LogP contribution < -0.4 is 10.2 Å². The molecule has 2 rings (SSSR count). The molecule has 0 saturated heterocycles. The number of benzene rings is 1. The normalized spacial score (nSPS) is 10.7. The maximum Gasteiger partial charge on any atom is 0.123 e. The molecule has 1 N–H and O–H groups in total. The highest BCUT2D eigenvalue weighted by molar-refractivity contribution is 5.47. The summed E-state index contributed by atoms with van der Waals surface area (Å²) < 4.78 is 5.57. The molecule has 102 valence electrons. The molecular formula is C16H22N2O. The van der Waals surface area contributed by atoms with Gasteiger partial charge in [-0.25, -0.2) is 0 Å².